The van der Waals surface area contributed by atoms with Gasteiger partial charge in [-0.3, -0.25) is 0 Å². The van der Waals surface area contributed by atoms with Crippen molar-refractivity contribution in [2.45, 2.75) is 37.8 Å². The van der Waals surface area contributed by atoms with E-state index in [1.54, 1.807) is 31.1 Å². The molecule has 148 valence electrons. The second-order valence-electron chi connectivity index (χ2n) is 6.90. The van der Waals surface area contributed by atoms with Crippen LogP contribution in [0.4, 0.5) is 17.5 Å². The summed E-state index contributed by atoms with van der Waals surface area (Å²) in [4.78, 5) is 9.06. The third-order valence-electron chi connectivity index (χ3n) is 5.00. The largest absolute Gasteiger partial charge is 0.497 e. The number of anilines is 3. The summed E-state index contributed by atoms with van der Waals surface area (Å²) < 4.78 is 12.3. The second kappa shape index (κ2) is 7.89. The van der Waals surface area contributed by atoms with Gasteiger partial charge in [0.15, 0.2) is 11.5 Å². The molecule has 1 fully saturated rings. The van der Waals surface area contributed by atoms with Crippen LogP contribution in [0.15, 0.2) is 30.6 Å². The molecule has 1 aliphatic rings. The van der Waals surface area contributed by atoms with Gasteiger partial charge in [0.2, 0.25) is 5.95 Å². The van der Waals surface area contributed by atoms with Gasteiger partial charge in [-0.25, -0.2) is 9.50 Å². The standard InChI is InChI=1S/C19H25N7O2/c1-27-13-9-12(10-14(11-13)28-2)22-19-24-18-17(21-7-8-26(18)25-19)23-16-6-4-3-5-15(16)20/h7-11,15-16H,3-6,20H2,1-2H3,(H,21,23)(H,22,25). The first-order chi connectivity index (χ1) is 13.7. The Balaban J connectivity index is 1.60. The van der Waals surface area contributed by atoms with Gasteiger partial charge in [0.25, 0.3) is 0 Å². The minimum absolute atomic E-state index is 0.126. The third-order valence-corrected chi connectivity index (χ3v) is 5.00. The molecule has 0 saturated heterocycles. The quantitative estimate of drug-likeness (QED) is 0.595. The second-order valence-corrected chi connectivity index (χ2v) is 6.90. The van der Waals surface area contributed by atoms with Gasteiger partial charge in [-0.15, -0.1) is 5.10 Å². The average molecular weight is 383 g/mol. The van der Waals surface area contributed by atoms with Crippen LogP contribution in [0, 0.1) is 0 Å². The minimum Gasteiger partial charge on any atom is -0.497 e. The Morgan fingerprint density at radius 1 is 1.11 bits per heavy atom. The molecule has 3 aromatic rings. The highest BCUT2D eigenvalue weighted by atomic mass is 16.5. The zero-order chi connectivity index (χ0) is 19.5. The maximum absolute atomic E-state index is 6.26. The lowest BCUT2D eigenvalue weighted by Gasteiger charge is -2.29. The van der Waals surface area contributed by atoms with Gasteiger partial charge in [-0.1, -0.05) is 12.8 Å². The molecule has 1 aliphatic carbocycles. The van der Waals surface area contributed by atoms with Crippen LogP contribution in [-0.2, 0) is 0 Å². The SMILES string of the molecule is COc1cc(Nc2nc3c(NC4CCCCC4N)nccn3n2)cc(OC)c1. The zero-order valence-electron chi connectivity index (χ0n) is 16.1. The fourth-order valence-corrected chi connectivity index (χ4v) is 3.50. The van der Waals surface area contributed by atoms with Crippen molar-refractivity contribution in [3.63, 3.8) is 0 Å². The van der Waals surface area contributed by atoms with E-state index in [1.807, 2.05) is 18.2 Å². The fourth-order valence-electron chi connectivity index (χ4n) is 3.50. The maximum atomic E-state index is 6.26. The van der Waals surface area contributed by atoms with Crippen molar-refractivity contribution in [1.29, 1.82) is 0 Å². The Morgan fingerprint density at radius 3 is 2.57 bits per heavy atom. The van der Waals surface area contributed by atoms with Gasteiger partial charge < -0.3 is 25.8 Å². The van der Waals surface area contributed by atoms with E-state index in [-0.39, 0.29) is 12.1 Å². The summed E-state index contributed by atoms with van der Waals surface area (Å²) in [7, 11) is 3.22. The Hall–Kier alpha value is -3.07. The summed E-state index contributed by atoms with van der Waals surface area (Å²) in [6.07, 6.45) is 7.89. The van der Waals surface area contributed by atoms with Crippen molar-refractivity contribution in [2.24, 2.45) is 5.73 Å². The van der Waals surface area contributed by atoms with Gasteiger partial charge in [0.05, 0.1) is 14.2 Å². The Kier molecular flexibility index (Phi) is 5.16. The summed E-state index contributed by atoms with van der Waals surface area (Å²) in [5, 5.41) is 11.2. The van der Waals surface area contributed by atoms with Gasteiger partial charge in [-0.05, 0) is 12.8 Å². The Morgan fingerprint density at radius 2 is 1.86 bits per heavy atom. The molecule has 2 aromatic heterocycles. The summed E-state index contributed by atoms with van der Waals surface area (Å²) in [6.45, 7) is 0. The molecule has 4 rings (SSSR count). The molecule has 4 N–H and O–H groups in total. The van der Waals surface area contributed by atoms with Crippen LogP contribution in [0.2, 0.25) is 0 Å². The molecule has 0 amide bonds. The first kappa shape index (κ1) is 18.3. The lowest BCUT2D eigenvalue weighted by Crippen LogP contribution is -2.42. The van der Waals surface area contributed by atoms with Crippen molar-refractivity contribution in [3.8, 4) is 11.5 Å². The molecular formula is C19H25N7O2. The van der Waals surface area contributed by atoms with Gasteiger partial charge in [0.1, 0.15) is 11.5 Å². The van der Waals surface area contributed by atoms with Crippen LogP contribution in [0.5, 0.6) is 11.5 Å². The average Bonchev–Trinajstić information content (AvgIpc) is 3.12. The van der Waals surface area contributed by atoms with Gasteiger partial charge in [-0.2, -0.15) is 4.98 Å². The number of benzene rings is 1. The Bertz CT molecular complexity index is 936. The van der Waals surface area contributed by atoms with Crippen LogP contribution >= 0.6 is 0 Å². The molecular weight excluding hydrogens is 358 g/mol. The summed E-state index contributed by atoms with van der Waals surface area (Å²) in [5.74, 6) is 2.51. The zero-order valence-corrected chi connectivity index (χ0v) is 16.1. The predicted molar refractivity (Wildman–Crippen MR) is 107 cm³/mol. The van der Waals surface area contributed by atoms with E-state index < -0.39 is 0 Å². The number of ether oxygens (including phenoxy) is 2. The van der Waals surface area contributed by atoms with Gasteiger partial charge in [0, 0.05) is 48.4 Å². The molecule has 2 atom stereocenters. The van der Waals surface area contributed by atoms with Crippen LogP contribution in [0.3, 0.4) is 0 Å². The highest BCUT2D eigenvalue weighted by Crippen LogP contribution is 2.28. The molecule has 9 heteroatoms. The number of nitrogens with two attached hydrogens (primary N) is 1. The Labute approximate surface area is 163 Å². The normalized spacial score (nSPS) is 19.4. The summed E-state index contributed by atoms with van der Waals surface area (Å²) in [5.41, 5.74) is 7.68. The summed E-state index contributed by atoms with van der Waals surface area (Å²) in [6, 6.07) is 5.84. The monoisotopic (exact) mass is 383 g/mol. The molecule has 0 radical (unpaired) electrons. The van der Waals surface area contributed by atoms with E-state index in [1.165, 1.54) is 12.8 Å². The fraction of sp³-hybridized carbons (Fsp3) is 0.421. The number of nitrogens with zero attached hydrogens (tertiary/aromatic N) is 4. The summed E-state index contributed by atoms with van der Waals surface area (Å²) >= 11 is 0. The van der Waals surface area contributed by atoms with E-state index in [2.05, 4.69) is 25.7 Å². The smallest absolute Gasteiger partial charge is 0.247 e. The highest BCUT2D eigenvalue weighted by molar-refractivity contribution is 5.66. The predicted octanol–water partition coefficient (Wildman–Crippen LogP) is 2.57. The number of aromatic nitrogens is 4. The molecule has 1 aromatic carbocycles. The highest BCUT2D eigenvalue weighted by Gasteiger charge is 2.23. The first-order valence-electron chi connectivity index (χ1n) is 9.40. The van der Waals surface area contributed by atoms with Crippen LogP contribution in [0.25, 0.3) is 5.65 Å². The van der Waals surface area contributed by atoms with E-state index in [0.717, 1.165) is 18.5 Å². The van der Waals surface area contributed by atoms with Crippen LogP contribution < -0.4 is 25.8 Å². The number of nitrogens with one attached hydrogen (secondary N) is 2. The van der Waals surface area contributed by atoms with Gasteiger partial charge >= 0.3 is 0 Å². The number of hydrogen-bond acceptors (Lipinski definition) is 8. The third kappa shape index (κ3) is 3.79. The molecule has 0 bridgehead atoms. The van der Waals surface area contributed by atoms with Crippen molar-refractivity contribution in [2.75, 3.05) is 24.9 Å². The van der Waals surface area contributed by atoms with E-state index in [9.17, 15) is 0 Å². The number of rotatable bonds is 6. The number of methoxy groups -OCH3 is 2. The van der Waals surface area contributed by atoms with E-state index >= 15 is 0 Å². The van der Waals surface area contributed by atoms with E-state index in [4.69, 9.17) is 15.2 Å². The van der Waals surface area contributed by atoms with Crippen LogP contribution in [0.1, 0.15) is 25.7 Å². The van der Waals surface area contributed by atoms with Crippen molar-refractivity contribution in [1.82, 2.24) is 19.6 Å². The molecule has 0 aliphatic heterocycles. The number of hydrogen-bond donors (Lipinski definition) is 3. The molecule has 0 spiro atoms. The minimum atomic E-state index is 0.126. The van der Waals surface area contributed by atoms with E-state index in [0.29, 0.717) is 28.9 Å². The lowest BCUT2D eigenvalue weighted by atomic mass is 9.91. The van der Waals surface area contributed by atoms with Crippen molar-refractivity contribution < 1.29 is 9.47 Å². The molecule has 2 heterocycles. The molecule has 2 unspecified atom stereocenters. The van der Waals surface area contributed by atoms with Crippen molar-refractivity contribution in [3.05, 3.63) is 30.6 Å². The molecule has 28 heavy (non-hydrogen) atoms. The first-order valence-corrected chi connectivity index (χ1v) is 9.40. The molecule has 1 saturated carbocycles. The van der Waals surface area contributed by atoms with Crippen LogP contribution in [-0.4, -0.2) is 45.9 Å². The maximum Gasteiger partial charge on any atom is 0.247 e. The lowest BCUT2D eigenvalue weighted by molar-refractivity contribution is 0.395. The van der Waals surface area contributed by atoms with Crippen molar-refractivity contribution >= 4 is 23.1 Å². The topological polar surface area (TPSA) is 112 Å². The molecule has 9 nitrogen and oxygen atoms in total. The number of fused-ring (bicyclic) bond motifs is 1.